The van der Waals surface area contributed by atoms with E-state index in [-0.39, 0.29) is 28.4 Å². The molecule has 7 nitrogen and oxygen atoms in total. The van der Waals surface area contributed by atoms with Gasteiger partial charge in [0.15, 0.2) is 11.5 Å². The minimum absolute atomic E-state index is 0.0858. The maximum absolute atomic E-state index is 13.7. The Hall–Kier alpha value is -4.20. The molecule has 0 aromatic heterocycles. The molecule has 152 valence electrons. The summed E-state index contributed by atoms with van der Waals surface area (Å²) in [4.78, 5) is 24.2. The summed E-state index contributed by atoms with van der Waals surface area (Å²) in [5.41, 5.74) is 2.73. The summed E-state index contributed by atoms with van der Waals surface area (Å²) in [6.45, 7) is 0. The molecule has 8 heteroatoms. The summed E-state index contributed by atoms with van der Waals surface area (Å²) in [6.07, 6.45) is 1.35. The van der Waals surface area contributed by atoms with Crippen LogP contribution in [0.15, 0.2) is 71.8 Å². The number of phenolic OH excluding ortho intramolecular Hbond substituents is 1. The zero-order valence-electron chi connectivity index (χ0n) is 15.8. The minimum atomic E-state index is -0.859. The van der Waals surface area contributed by atoms with E-state index >= 15 is 0 Å². The number of phenols is 1. The third-order valence-corrected chi connectivity index (χ3v) is 4.01. The van der Waals surface area contributed by atoms with Crippen molar-refractivity contribution >= 4 is 18.1 Å². The van der Waals surface area contributed by atoms with Crippen molar-refractivity contribution in [2.45, 2.75) is 0 Å². The number of methoxy groups -OCH3 is 1. The van der Waals surface area contributed by atoms with Gasteiger partial charge >= 0.3 is 5.97 Å². The number of nitrogens with zero attached hydrogens (tertiary/aromatic N) is 1. The number of benzene rings is 3. The summed E-state index contributed by atoms with van der Waals surface area (Å²) in [7, 11) is 1.39. The standard InChI is InChI=1S/C22H17FN2O5/c1-29-20-12-14(13-24-25-21(27)16-7-3-5-9-18(16)26)10-11-19(20)30-22(28)15-6-2-4-8-17(15)23/h2-13,26H,1H3,(H,25,27)/b24-13+. The van der Waals surface area contributed by atoms with Crippen molar-refractivity contribution in [3.63, 3.8) is 0 Å². The van der Waals surface area contributed by atoms with E-state index < -0.39 is 17.7 Å². The number of hydrogen-bond acceptors (Lipinski definition) is 6. The van der Waals surface area contributed by atoms with Crippen molar-refractivity contribution in [3.8, 4) is 17.2 Å². The lowest BCUT2D eigenvalue weighted by Gasteiger charge is -2.10. The van der Waals surface area contributed by atoms with Gasteiger partial charge in [0, 0.05) is 0 Å². The highest BCUT2D eigenvalue weighted by Gasteiger charge is 2.16. The van der Waals surface area contributed by atoms with Gasteiger partial charge in [-0.05, 0) is 48.0 Å². The topological polar surface area (TPSA) is 97.2 Å². The fraction of sp³-hybridized carbons (Fsp3) is 0.0455. The molecule has 0 saturated carbocycles. The van der Waals surface area contributed by atoms with Crippen molar-refractivity contribution < 1.29 is 28.6 Å². The van der Waals surface area contributed by atoms with Gasteiger partial charge in [-0.15, -0.1) is 0 Å². The van der Waals surface area contributed by atoms with E-state index in [9.17, 15) is 19.1 Å². The smallest absolute Gasteiger partial charge is 0.346 e. The Balaban J connectivity index is 1.70. The van der Waals surface area contributed by atoms with Crippen molar-refractivity contribution in [2.24, 2.45) is 5.10 Å². The van der Waals surface area contributed by atoms with Crippen LogP contribution in [0.3, 0.4) is 0 Å². The Kier molecular flexibility index (Phi) is 6.39. The SMILES string of the molecule is COc1cc(/C=N/NC(=O)c2ccccc2O)ccc1OC(=O)c1ccccc1F. The largest absolute Gasteiger partial charge is 0.507 e. The molecule has 0 aliphatic heterocycles. The number of rotatable bonds is 6. The average molecular weight is 408 g/mol. The van der Waals surface area contributed by atoms with Gasteiger partial charge in [0.1, 0.15) is 11.6 Å². The van der Waals surface area contributed by atoms with Crippen LogP contribution in [0.25, 0.3) is 0 Å². The Morgan fingerprint density at radius 2 is 1.70 bits per heavy atom. The van der Waals surface area contributed by atoms with Crippen LogP contribution < -0.4 is 14.9 Å². The first-order valence-electron chi connectivity index (χ1n) is 8.75. The third-order valence-electron chi connectivity index (χ3n) is 4.01. The number of carbonyl (C=O) groups excluding carboxylic acids is 2. The number of halogens is 1. The van der Waals surface area contributed by atoms with E-state index in [0.29, 0.717) is 5.56 Å². The zero-order valence-corrected chi connectivity index (χ0v) is 15.8. The quantitative estimate of drug-likeness (QED) is 0.282. The van der Waals surface area contributed by atoms with Gasteiger partial charge < -0.3 is 14.6 Å². The second-order valence-electron chi connectivity index (χ2n) is 6.00. The fourth-order valence-corrected chi connectivity index (χ4v) is 2.52. The van der Waals surface area contributed by atoms with E-state index in [2.05, 4.69) is 10.5 Å². The van der Waals surface area contributed by atoms with Gasteiger partial charge in [-0.25, -0.2) is 14.6 Å². The highest BCUT2D eigenvalue weighted by atomic mass is 19.1. The lowest BCUT2D eigenvalue weighted by atomic mass is 10.2. The van der Waals surface area contributed by atoms with Crippen LogP contribution in [-0.4, -0.2) is 30.3 Å². The van der Waals surface area contributed by atoms with Gasteiger partial charge in [0.2, 0.25) is 0 Å². The Morgan fingerprint density at radius 1 is 1.00 bits per heavy atom. The molecule has 0 bridgehead atoms. The lowest BCUT2D eigenvalue weighted by Crippen LogP contribution is -2.17. The van der Waals surface area contributed by atoms with E-state index in [1.807, 2.05) is 0 Å². The zero-order chi connectivity index (χ0) is 21.5. The summed E-state index contributed by atoms with van der Waals surface area (Å²) in [5.74, 6) is -1.97. The number of hydrazone groups is 1. The van der Waals surface area contributed by atoms with Gasteiger partial charge in [-0.2, -0.15) is 5.10 Å². The van der Waals surface area contributed by atoms with Crippen molar-refractivity contribution in [1.82, 2.24) is 5.43 Å². The predicted octanol–water partition coefficient (Wildman–Crippen LogP) is 3.52. The number of aromatic hydroxyl groups is 1. The first-order chi connectivity index (χ1) is 14.5. The average Bonchev–Trinajstić information content (AvgIpc) is 2.75. The highest BCUT2D eigenvalue weighted by molar-refractivity contribution is 5.97. The first-order valence-corrected chi connectivity index (χ1v) is 8.75. The summed E-state index contributed by atoms with van der Waals surface area (Å²) in [6, 6.07) is 16.1. The van der Waals surface area contributed by atoms with Crippen molar-refractivity contribution in [2.75, 3.05) is 7.11 Å². The van der Waals surface area contributed by atoms with Crippen molar-refractivity contribution in [3.05, 3.63) is 89.2 Å². The van der Waals surface area contributed by atoms with Gasteiger partial charge in [0.05, 0.1) is 24.5 Å². The Bertz CT molecular complexity index is 1110. The number of nitrogens with one attached hydrogen (secondary N) is 1. The molecule has 0 aliphatic carbocycles. The molecule has 0 atom stereocenters. The maximum atomic E-state index is 13.7. The number of carbonyl (C=O) groups is 2. The van der Waals surface area contributed by atoms with E-state index in [0.717, 1.165) is 6.07 Å². The van der Waals surface area contributed by atoms with Gasteiger partial charge in [0.25, 0.3) is 5.91 Å². The number of ether oxygens (including phenoxy) is 2. The van der Waals surface area contributed by atoms with Crippen LogP contribution in [0.1, 0.15) is 26.3 Å². The Labute approximate surface area is 171 Å². The molecule has 2 N–H and O–H groups in total. The Morgan fingerprint density at radius 3 is 2.40 bits per heavy atom. The molecular formula is C22H17FN2O5. The summed E-state index contributed by atoms with van der Waals surface area (Å²) < 4.78 is 24.2. The molecule has 0 radical (unpaired) electrons. The monoisotopic (exact) mass is 408 g/mol. The van der Waals surface area contributed by atoms with Crippen LogP contribution in [0.4, 0.5) is 4.39 Å². The molecule has 1 amide bonds. The van der Waals surface area contributed by atoms with E-state index in [1.54, 1.807) is 18.2 Å². The van der Waals surface area contributed by atoms with Crippen LogP contribution in [0.2, 0.25) is 0 Å². The number of hydrogen-bond donors (Lipinski definition) is 2. The van der Waals surface area contributed by atoms with Crippen molar-refractivity contribution in [1.29, 1.82) is 0 Å². The molecule has 3 aromatic rings. The fourth-order valence-electron chi connectivity index (χ4n) is 2.52. The minimum Gasteiger partial charge on any atom is -0.507 e. The normalized spacial score (nSPS) is 10.6. The van der Waals surface area contributed by atoms with Crippen LogP contribution in [0.5, 0.6) is 17.2 Å². The molecular weight excluding hydrogens is 391 g/mol. The number of amides is 1. The van der Waals surface area contributed by atoms with Gasteiger partial charge in [-0.3, -0.25) is 4.79 Å². The molecule has 0 aliphatic rings. The van der Waals surface area contributed by atoms with Gasteiger partial charge in [-0.1, -0.05) is 24.3 Å². The molecule has 30 heavy (non-hydrogen) atoms. The number of para-hydroxylation sites is 1. The van der Waals surface area contributed by atoms with E-state index in [1.165, 1.54) is 55.8 Å². The number of esters is 1. The maximum Gasteiger partial charge on any atom is 0.346 e. The van der Waals surface area contributed by atoms with E-state index in [4.69, 9.17) is 9.47 Å². The molecule has 0 heterocycles. The van der Waals surface area contributed by atoms with Crippen LogP contribution in [-0.2, 0) is 0 Å². The highest BCUT2D eigenvalue weighted by Crippen LogP contribution is 2.28. The predicted molar refractivity (Wildman–Crippen MR) is 108 cm³/mol. The summed E-state index contributed by atoms with van der Waals surface area (Å²) in [5, 5.41) is 13.5. The molecule has 0 spiro atoms. The summed E-state index contributed by atoms with van der Waals surface area (Å²) >= 11 is 0. The molecule has 3 aromatic carbocycles. The van der Waals surface area contributed by atoms with Crippen LogP contribution in [0, 0.1) is 5.82 Å². The molecule has 0 unspecified atom stereocenters. The third kappa shape index (κ3) is 4.79. The molecule has 0 saturated heterocycles. The first kappa shape index (κ1) is 20.5. The van der Waals surface area contributed by atoms with Crippen LogP contribution >= 0.6 is 0 Å². The second kappa shape index (κ2) is 9.33. The second-order valence-corrected chi connectivity index (χ2v) is 6.00. The molecule has 3 rings (SSSR count). The lowest BCUT2D eigenvalue weighted by molar-refractivity contribution is 0.0724. The molecule has 0 fully saturated rings.